The highest BCUT2D eigenvalue weighted by Gasteiger charge is 2.74. The number of nitrogens with two attached hydrogens (primary N) is 3. The normalized spacial score (nSPS) is 27.2. The number of rotatable bonds is 4. The standard InChI is InChI=1S/C33H34N6O6/c1-38(2)20-13-18(12-8-11-17-9-6-5-7-10-17)24(40)21-19(20)14-31(36)15-33(37)27(39(3)4)26(42)22(30(35)45)28(43)32(33,16-34)29(44)23(31)25(21)41/h5-7,9-10,13,27,40-41,43H,11,14-15,36-37H2,1-4H3,(H2,35,45)/t27-,31-,32+,33-/m1/s1. The molecule has 0 saturated heterocycles. The van der Waals surface area contributed by atoms with E-state index in [1.807, 2.05) is 30.3 Å². The fourth-order valence-corrected chi connectivity index (χ4v) is 7.21. The third kappa shape index (κ3) is 4.22. The van der Waals surface area contributed by atoms with E-state index in [2.05, 4.69) is 11.8 Å². The highest BCUT2D eigenvalue weighted by molar-refractivity contribution is 6.25. The van der Waals surface area contributed by atoms with Gasteiger partial charge in [-0.3, -0.25) is 19.3 Å². The SMILES string of the molecule is CN(C)c1cc(C#CCc2ccccc2)c(O)c2c1C[C@@]1(N)C[C@@]3(N)[C@H](N(C)C)C(=O)C(C(N)=O)=C(O)[C@@]3(C#N)C(=O)C1=C2O. The highest BCUT2D eigenvalue weighted by Crippen LogP contribution is 2.59. The molecule has 0 bridgehead atoms. The number of amides is 1. The molecule has 3 aliphatic carbocycles. The molecule has 1 saturated carbocycles. The fraction of sp³-hybridized carbons (Fsp3) is 0.333. The number of hydrogen-bond acceptors (Lipinski definition) is 11. The average Bonchev–Trinajstić information content (AvgIpc) is 2.93. The van der Waals surface area contributed by atoms with Gasteiger partial charge in [0.1, 0.15) is 22.8 Å². The van der Waals surface area contributed by atoms with Crippen LogP contribution in [0.2, 0.25) is 0 Å². The molecule has 0 heterocycles. The molecule has 1 amide bonds. The van der Waals surface area contributed by atoms with Gasteiger partial charge in [0.2, 0.25) is 0 Å². The summed E-state index contributed by atoms with van der Waals surface area (Å²) in [5.74, 6) is 0.126. The Morgan fingerprint density at radius 3 is 2.29 bits per heavy atom. The molecular weight excluding hydrogens is 576 g/mol. The van der Waals surface area contributed by atoms with Gasteiger partial charge in [0.15, 0.2) is 17.0 Å². The van der Waals surface area contributed by atoms with Crippen LogP contribution >= 0.6 is 0 Å². The number of aliphatic hydroxyl groups excluding tert-OH is 2. The second-order valence-electron chi connectivity index (χ2n) is 12.3. The van der Waals surface area contributed by atoms with Crippen molar-refractivity contribution < 1.29 is 29.7 Å². The number of primary amides is 1. The summed E-state index contributed by atoms with van der Waals surface area (Å²) in [6, 6.07) is 11.4. The average molecular weight is 611 g/mol. The number of nitrogens with zero attached hydrogens (tertiary/aromatic N) is 3. The van der Waals surface area contributed by atoms with Crippen molar-refractivity contribution in [1.82, 2.24) is 4.90 Å². The summed E-state index contributed by atoms with van der Waals surface area (Å²) in [7, 11) is 6.44. The Morgan fingerprint density at radius 2 is 1.73 bits per heavy atom. The van der Waals surface area contributed by atoms with E-state index >= 15 is 0 Å². The number of anilines is 1. The maximum Gasteiger partial charge on any atom is 0.255 e. The Labute approximate surface area is 260 Å². The maximum atomic E-state index is 14.6. The predicted molar refractivity (Wildman–Crippen MR) is 166 cm³/mol. The van der Waals surface area contributed by atoms with Crippen molar-refractivity contribution in [2.24, 2.45) is 22.6 Å². The molecule has 9 N–H and O–H groups in total. The first-order valence-corrected chi connectivity index (χ1v) is 14.1. The Bertz CT molecular complexity index is 1850. The van der Waals surface area contributed by atoms with Gasteiger partial charge in [-0.15, -0.1) is 0 Å². The molecule has 0 aliphatic heterocycles. The van der Waals surface area contributed by atoms with E-state index < -0.39 is 74.8 Å². The van der Waals surface area contributed by atoms with Crippen molar-refractivity contribution in [1.29, 1.82) is 5.26 Å². The van der Waals surface area contributed by atoms with Gasteiger partial charge in [0.25, 0.3) is 5.91 Å². The lowest BCUT2D eigenvalue weighted by molar-refractivity contribution is -0.139. The fourth-order valence-electron chi connectivity index (χ4n) is 7.21. The molecule has 5 rings (SSSR count). The minimum Gasteiger partial charge on any atom is -0.509 e. The van der Waals surface area contributed by atoms with Gasteiger partial charge in [-0.1, -0.05) is 42.2 Å². The first-order valence-electron chi connectivity index (χ1n) is 14.1. The minimum absolute atomic E-state index is 0.109. The number of ketones is 2. The van der Waals surface area contributed by atoms with Crippen LogP contribution in [-0.2, 0) is 27.2 Å². The maximum absolute atomic E-state index is 14.6. The molecule has 2 aromatic rings. The van der Waals surface area contributed by atoms with E-state index in [1.54, 1.807) is 31.1 Å². The third-order valence-corrected chi connectivity index (χ3v) is 9.07. The van der Waals surface area contributed by atoms with E-state index in [-0.39, 0.29) is 17.5 Å². The van der Waals surface area contributed by atoms with Crippen molar-refractivity contribution in [3.63, 3.8) is 0 Å². The van der Waals surface area contributed by atoms with Crippen LogP contribution in [-0.4, -0.2) is 83.0 Å². The number of Topliss-reactive ketones (excluding diaryl/α,β-unsaturated/α-hetero) is 2. The van der Waals surface area contributed by atoms with Crippen LogP contribution < -0.4 is 22.1 Å². The van der Waals surface area contributed by atoms with Crippen LogP contribution in [0.25, 0.3) is 5.76 Å². The molecule has 12 nitrogen and oxygen atoms in total. The van der Waals surface area contributed by atoms with Crippen molar-refractivity contribution >= 4 is 28.9 Å². The molecule has 4 atom stereocenters. The van der Waals surface area contributed by atoms with Gasteiger partial charge in [0.05, 0.1) is 39.9 Å². The van der Waals surface area contributed by atoms with E-state index in [9.17, 15) is 35.0 Å². The molecule has 45 heavy (non-hydrogen) atoms. The Balaban J connectivity index is 1.79. The van der Waals surface area contributed by atoms with E-state index in [1.165, 1.54) is 19.0 Å². The van der Waals surface area contributed by atoms with Crippen LogP contribution in [0.15, 0.2) is 53.3 Å². The summed E-state index contributed by atoms with van der Waals surface area (Å²) in [4.78, 5) is 43.6. The number of benzene rings is 2. The summed E-state index contributed by atoms with van der Waals surface area (Å²) < 4.78 is 0. The van der Waals surface area contributed by atoms with Crippen molar-refractivity contribution in [3.8, 4) is 23.7 Å². The van der Waals surface area contributed by atoms with Crippen molar-refractivity contribution in [3.05, 3.63) is 75.6 Å². The second-order valence-corrected chi connectivity index (χ2v) is 12.3. The van der Waals surface area contributed by atoms with Gasteiger partial charge in [-0.25, -0.2) is 0 Å². The zero-order valence-electron chi connectivity index (χ0n) is 25.3. The number of fused-ring (bicyclic) bond motifs is 3. The summed E-state index contributed by atoms with van der Waals surface area (Å²) in [5, 5.41) is 45.2. The number of phenols is 1. The topological polar surface area (TPSA) is 220 Å². The quantitative estimate of drug-likeness (QED) is 0.207. The van der Waals surface area contributed by atoms with Crippen LogP contribution in [0.4, 0.5) is 5.69 Å². The predicted octanol–water partition coefficient (Wildman–Crippen LogP) is 0.566. The number of aromatic hydroxyl groups is 1. The summed E-state index contributed by atoms with van der Waals surface area (Å²) >= 11 is 0. The molecule has 1 fully saturated rings. The molecule has 0 radical (unpaired) electrons. The number of aliphatic hydroxyl groups is 2. The lowest BCUT2D eigenvalue weighted by Gasteiger charge is -2.58. The van der Waals surface area contributed by atoms with Gasteiger partial charge in [0, 0.05) is 26.2 Å². The van der Waals surface area contributed by atoms with E-state index in [0.29, 0.717) is 17.7 Å². The van der Waals surface area contributed by atoms with Crippen LogP contribution in [0.1, 0.15) is 28.7 Å². The summed E-state index contributed by atoms with van der Waals surface area (Å²) in [6.07, 6.45) is -0.210. The summed E-state index contributed by atoms with van der Waals surface area (Å²) in [6.45, 7) is 0. The molecular formula is C33H34N6O6. The van der Waals surface area contributed by atoms with Gasteiger partial charge >= 0.3 is 0 Å². The smallest absolute Gasteiger partial charge is 0.255 e. The van der Waals surface area contributed by atoms with Crippen LogP contribution in [0.5, 0.6) is 5.75 Å². The zero-order chi connectivity index (χ0) is 33.2. The summed E-state index contributed by atoms with van der Waals surface area (Å²) in [5.41, 5.74) is 13.2. The Hall–Kier alpha value is -5.14. The molecule has 3 aliphatic rings. The first kappa shape index (κ1) is 31.3. The zero-order valence-corrected chi connectivity index (χ0v) is 25.3. The van der Waals surface area contributed by atoms with Crippen LogP contribution in [0, 0.1) is 28.6 Å². The van der Waals surface area contributed by atoms with Gasteiger partial charge < -0.3 is 37.4 Å². The molecule has 0 spiro atoms. The van der Waals surface area contributed by atoms with Gasteiger partial charge in [-0.2, -0.15) is 5.26 Å². The number of likely N-dealkylation sites (N-methyl/N-ethyl adjacent to an activating group) is 1. The number of nitriles is 1. The molecule has 0 unspecified atom stereocenters. The lowest BCUT2D eigenvalue weighted by Crippen LogP contribution is -2.80. The second kappa shape index (κ2) is 10.5. The molecule has 12 heteroatoms. The number of hydrogen-bond donors (Lipinski definition) is 6. The number of phenolic OH excluding ortho intramolecular Hbond substituents is 1. The first-order chi connectivity index (χ1) is 21.1. The van der Waals surface area contributed by atoms with E-state index in [4.69, 9.17) is 17.2 Å². The molecule has 232 valence electrons. The van der Waals surface area contributed by atoms with Crippen LogP contribution in [0.3, 0.4) is 0 Å². The minimum atomic E-state index is -2.73. The Kier molecular flexibility index (Phi) is 7.30. The largest absolute Gasteiger partial charge is 0.509 e. The van der Waals surface area contributed by atoms with Crippen molar-refractivity contribution in [2.45, 2.75) is 36.4 Å². The number of carbonyl (C=O) groups is 3. The van der Waals surface area contributed by atoms with Crippen molar-refractivity contribution in [2.75, 3.05) is 33.1 Å². The number of carbonyl (C=O) groups excluding carboxylic acids is 3. The molecule has 2 aromatic carbocycles. The van der Waals surface area contributed by atoms with E-state index in [0.717, 1.165) is 5.56 Å². The monoisotopic (exact) mass is 610 g/mol. The molecule has 0 aromatic heterocycles. The third-order valence-electron chi connectivity index (χ3n) is 9.07. The highest BCUT2D eigenvalue weighted by atomic mass is 16.3. The van der Waals surface area contributed by atoms with Gasteiger partial charge in [-0.05, 0) is 44.1 Å². The lowest BCUT2D eigenvalue weighted by atomic mass is 9.47. The Morgan fingerprint density at radius 1 is 1.09 bits per heavy atom.